The molecule has 21 heavy (non-hydrogen) atoms. The fourth-order valence-corrected chi connectivity index (χ4v) is 3.44. The van der Waals surface area contributed by atoms with E-state index >= 15 is 0 Å². The smallest absolute Gasteiger partial charge is 0.207 e. The summed E-state index contributed by atoms with van der Waals surface area (Å²) in [5.74, 6) is 0. The second kappa shape index (κ2) is 6.83. The Hall–Kier alpha value is -1.01. The lowest BCUT2D eigenvalue weighted by atomic mass is 10.2. The van der Waals surface area contributed by atoms with Crippen LogP contribution in [0.25, 0.3) is 0 Å². The van der Waals surface area contributed by atoms with Gasteiger partial charge >= 0.3 is 0 Å². The molecule has 0 saturated carbocycles. The van der Waals surface area contributed by atoms with Crippen molar-refractivity contribution in [1.29, 1.82) is 0 Å². The van der Waals surface area contributed by atoms with Gasteiger partial charge in [0.15, 0.2) is 0 Å². The van der Waals surface area contributed by atoms with Gasteiger partial charge in [0.25, 0.3) is 0 Å². The first-order chi connectivity index (χ1) is 9.92. The molecule has 0 amide bonds. The summed E-state index contributed by atoms with van der Waals surface area (Å²) in [6.07, 6.45) is 2.00. The van der Waals surface area contributed by atoms with Crippen LogP contribution >= 0.6 is 23.4 Å². The molecule has 0 spiro atoms. The second-order valence-corrected chi connectivity index (χ2v) is 7.64. The van der Waals surface area contributed by atoms with E-state index in [9.17, 15) is 8.42 Å². The van der Waals surface area contributed by atoms with Crippen molar-refractivity contribution in [3.63, 3.8) is 0 Å². The van der Waals surface area contributed by atoms with E-state index in [1.165, 1.54) is 6.07 Å². The summed E-state index contributed by atoms with van der Waals surface area (Å²) in [6, 6.07) is 12.5. The van der Waals surface area contributed by atoms with Gasteiger partial charge in [0, 0.05) is 16.5 Å². The van der Waals surface area contributed by atoms with E-state index in [1.807, 2.05) is 37.4 Å². The average Bonchev–Trinajstić information content (AvgIpc) is 2.48. The van der Waals surface area contributed by atoms with E-state index in [0.717, 1.165) is 16.0 Å². The normalized spacial score (nSPS) is 11.6. The van der Waals surface area contributed by atoms with Crippen molar-refractivity contribution < 1.29 is 8.42 Å². The van der Waals surface area contributed by atoms with Crippen LogP contribution in [-0.4, -0.2) is 14.7 Å². The number of hydrogen-bond donors (Lipinski definition) is 1. The van der Waals surface area contributed by atoms with E-state index < -0.39 is 10.0 Å². The van der Waals surface area contributed by atoms with Crippen molar-refractivity contribution in [2.45, 2.75) is 23.3 Å². The zero-order valence-corrected chi connectivity index (χ0v) is 14.1. The molecule has 3 nitrogen and oxygen atoms in total. The van der Waals surface area contributed by atoms with Crippen LogP contribution in [0, 0.1) is 6.92 Å². The number of rotatable bonds is 5. The molecule has 0 aliphatic heterocycles. The van der Waals surface area contributed by atoms with E-state index in [1.54, 1.807) is 23.9 Å². The molecule has 0 saturated heterocycles. The molecule has 6 heteroatoms. The Morgan fingerprint density at radius 2 is 1.81 bits per heavy atom. The van der Waals surface area contributed by atoms with Gasteiger partial charge in [-0.1, -0.05) is 29.8 Å². The first-order valence-corrected chi connectivity index (χ1v) is 9.40. The van der Waals surface area contributed by atoms with E-state index in [4.69, 9.17) is 11.6 Å². The summed E-state index contributed by atoms with van der Waals surface area (Å²) < 4.78 is 27.0. The standard InChI is InChI=1S/C15H16ClNO2S2/c1-11-3-8-14(9-15(11)16)21(18,19)17-10-12-4-6-13(20-2)7-5-12/h3-9,17H,10H2,1-2H3. The SMILES string of the molecule is CSc1ccc(CNS(=O)(=O)c2ccc(C)c(Cl)c2)cc1. The molecule has 0 heterocycles. The molecule has 0 aliphatic rings. The summed E-state index contributed by atoms with van der Waals surface area (Å²) in [7, 11) is -3.55. The van der Waals surface area contributed by atoms with Gasteiger partial charge in [0.2, 0.25) is 10.0 Å². The van der Waals surface area contributed by atoms with Gasteiger partial charge in [-0.25, -0.2) is 13.1 Å². The number of thioether (sulfide) groups is 1. The number of aryl methyl sites for hydroxylation is 1. The highest BCUT2D eigenvalue weighted by atomic mass is 35.5. The fraction of sp³-hybridized carbons (Fsp3) is 0.200. The van der Waals surface area contributed by atoms with Gasteiger partial charge in [-0.2, -0.15) is 0 Å². The van der Waals surface area contributed by atoms with Crippen molar-refractivity contribution in [1.82, 2.24) is 4.72 Å². The summed E-state index contributed by atoms with van der Waals surface area (Å²) >= 11 is 7.62. The maximum atomic E-state index is 12.2. The lowest BCUT2D eigenvalue weighted by Crippen LogP contribution is -2.23. The topological polar surface area (TPSA) is 46.2 Å². The molecule has 2 aromatic rings. The highest BCUT2D eigenvalue weighted by Gasteiger charge is 2.14. The zero-order chi connectivity index (χ0) is 15.5. The molecule has 0 fully saturated rings. The van der Waals surface area contributed by atoms with E-state index in [0.29, 0.717) is 5.02 Å². The Labute approximate surface area is 134 Å². The predicted octanol–water partition coefficient (Wildman–Crippen LogP) is 3.85. The third-order valence-corrected chi connectivity index (χ3v) is 5.63. The molecule has 2 aromatic carbocycles. The number of nitrogens with one attached hydrogen (secondary N) is 1. The number of benzene rings is 2. The Morgan fingerprint density at radius 3 is 2.38 bits per heavy atom. The quantitative estimate of drug-likeness (QED) is 0.840. The van der Waals surface area contributed by atoms with Gasteiger partial charge < -0.3 is 0 Å². The molecule has 0 atom stereocenters. The van der Waals surface area contributed by atoms with Gasteiger partial charge in [-0.05, 0) is 48.6 Å². The Bertz CT molecular complexity index is 728. The predicted molar refractivity (Wildman–Crippen MR) is 88.4 cm³/mol. The Morgan fingerprint density at radius 1 is 1.14 bits per heavy atom. The van der Waals surface area contributed by atoms with Crippen LogP contribution in [-0.2, 0) is 16.6 Å². The Kier molecular flexibility index (Phi) is 5.32. The molecule has 0 radical (unpaired) electrons. The van der Waals surface area contributed by atoms with Crippen molar-refractivity contribution >= 4 is 33.4 Å². The first kappa shape index (κ1) is 16.4. The molecule has 112 valence electrons. The van der Waals surface area contributed by atoms with Crippen LogP contribution in [0.4, 0.5) is 0 Å². The first-order valence-electron chi connectivity index (χ1n) is 6.31. The van der Waals surface area contributed by atoms with Gasteiger partial charge in [-0.15, -0.1) is 11.8 Å². The van der Waals surface area contributed by atoms with Crippen LogP contribution in [0.1, 0.15) is 11.1 Å². The number of halogens is 1. The monoisotopic (exact) mass is 341 g/mol. The lowest BCUT2D eigenvalue weighted by molar-refractivity contribution is 0.581. The molecule has 0 unspecified atom stereocenters. The molecule has 1 N–H and O–H groups in total. The van der Waals surface area contributed by atoms with Gasteiger partial charge in [0.05, 0.1) is 4.90 Å². The van der Waals surface area contributed by atoms with Gasteiger partial charge in [0.1, 0.15) is 0 Å². The third-order valence-electron chi connectivity index (χ3n) is 3.08. The number of sulfonamides is 1. The van der Waals surface area contributed by atoms with Crippen molar-refractivity contribution in [2.75, 3.05) is 6.26 Å². The highest BCUT2D eigenvalue weighted by Crippen LogP contribution is 2.20. The lowest BCUT2D eigenvalue weighted by Gasteiger charge is -2.08. The fourth-order valence-electron chi connectivity index (χ4n) is 1.75. The largest absolute Gasteiger partial charge is 0.240 e. The van der Waals surface area contributed by atoms with E-state index in [2.05, 4.69) is 4.72 Å². The van der Waals surface area contributed by atoms with Gasteiger partial charge in [-0.3, -0.25) is 0 Å². The minimum atomic E-state index is -3.55. The molecule has 2 rings (SSSR count). The third kappa shape index (κ3) is 4.23. The summed E-state index contributed by atoms with van der Waals surface area (Å²) in [4.78, 5) is 1.32. The molecular formula is C15H16ClNO2S2. The van der Waals surface area contributed by atoms with Crippen molar-refractivity contribution in [2.24, 2.45) is 0 Å². The Balaban J connectivity index is 2.11. The van der Waals surface area contributed by atoms with E-state index in [-0.39, 0.29) is 11.4 Å². The molecular weight excluding hydrogens is 326 g/mol. The molecule has 0 aliphatic carbocycles. The number of hydrogen-bond acceptors (Lipinski definition) is 3. The highest BCUT2D eigenvalue weighted by molar-refractivity contribution is 7.98. The van der Waals surface area contributed by atoms with Crippen molar-refractivity contribution in [3.05, 3.63) is 58.6 Å². The molecule has 0 bridgehead atoms. The minimum absolute atomic E-state index is 0.179. The average molecular weight is 342 g/mol. The molecule has 0 aromatic heterocycles. The zero-order valence-electron chi connectivity index (χ0n) is 11.8. The van der Waals surface area contributed by atoms with Crippen LogP contribution in [0.15, 0.2) is 52.3 Å². The van der Waals surface area contributed by atoms with Crippen LogP contribution in [0.2, 0.25) is 5.02 Å². The van der Waals surface area contributed by atoms with Crippen LogP contribution in [0.5, 0.6) is 0 Å². The maximum absolute atomic E-state index is 12.2. The summed E-state index contributed by atoms with van der Waals surface area (Å²) in [5.41, 5.74) is 1.76. The van der Waals surface area contributed by atoms with Crippen LogP contribution < -0.4 is 4.72 Å². The summed E-state index contributed by atoms with van der Waals surface area (Å²) in [6.45, 7) is 2.09. The minimum Gasteiger partial charge on any atom is -0.207 e. The maximum Gasteiger partial charge on any atom is 0.240 e. The van der Waals surface area contributed by atoms with Crippen molar-refractivity contribution in [3.8, 4) is 0 Å². The van der Waals surface area contributed by atoms with Crippen LogP contribution in [0.3, 0.4) is 0 Å². The second-order valence-electron chi connectivity index (χ2n) is 4.58. The summed E-state index contributed by atoms with van der Waals surface area (Å²) in [5, 5.41) is 0.446.